The molecule has 0 saturated carbocycles. The molecule has 0 amide bonds. The minimum absolute atomic E-state index is 0.558. The Morgan fingerprint density at radius 1 is 1.31 bits per heavy atom. The standard InChI is InChI=1S/C12H28N4/c1-6-16(11(4)5)8-7-14-12(13)15-9-10(2)3/h10-11H,6-9H2,1-5H3,(H3,13,14,15). The molecule has 0 aliphatic heterocycles. The minimum Gasteiger partial charge on any atom is -0.370 e. The van der Waals surface area contributed by atoms with Crippen molar-refractivity contribution < 1.29 is 0 Å². The Morgan fingerprint density at radius 2 is 1.94 bits per heavy atom. The highest BCUT2D eigenvalue weighted by atomic mass is 15.2. The van der Waals surface area contributed by atoms with Gasteiger partial charge in [-0.1, -0.05) is 20.8 Å². The number of aliphatic imine (C=N–C) groups is 1. The summed E-state index contributed by atoms with van der Waals surface area (Å²) in [4.78, 5) is 6.65. The molecule has 0 atom stereocenters. The van der Waals surface area contributed by atoms with Crippen LogP contribution >= 0.6 is 0 Å². The molecule has 0 radical (unpaired) electrons. The van der Waals surface area contributed by atoms with Crippen molar-refractivity contribution >= 4 is 5.96 Å². The van der Waals surface area contributed by atoms with Crippen LogP contribution in [0.1, 0.15) is 34.6 Å². The zero-order valence-corrected chi connectivity index (χ0v) is 11.5. The molecule has 0 bridgehead atoms. The molecule has 4 nitrogen and oxygen atoms in total. The van der Waals surface area contributed by atoms with E-state index in [2.05, 4.69) is 49.8 Å². The van der Waals surface area contributed by atoms with E-state index in [1.165, 1.54) is 0 Å². The highest BCUT2D eigenvalue weighted by Crippen LogP contribution is 1.95. The van der Waals surface area contributed by atoms with E-state index in [1.807, 2.05) is 0 Å². The van der Waals surface area contributed by atoms with Gasteiger partial charge in [-0.15, -0.1) is 0 Å². The molecule has 0 saturated heterocycles. The lowest BCUT2D eigenvalue weighted by atomic mass is 10.2. The zero-order valence-electron chi connectivity index (χ0n) is 11.5. The lowest BCUT2D eigenvalue weighted by molar-refractivity contribution is 0.237. The molecule has 0 fully saturated rings. The normalized spacial score (nSPS) is 12.9. The van der Waals surface area contributed by atoms with Crippen molar-refractivity contribution in [2.24, 2.45) is 16.6 Å². The van der Waals surface area contributed by atoms with E-state index in [0.29, 0.717) is 17.9 Å². The maximum atomic E-state index is 5.75. The van der Waals surface area contributed by atoms with Gasteiger partial charge >= 0.3 is 0 Å². The fourth-order valence-corrected chi connectivity index (χ4v) is 1.45. The first-order valence-electron chi connectivity index (χ1n) is 6.25. The van der Waals surface area contributed by atoms with E-state index in [9.17, 15) is 0 Å². The predicted molar refractivity (Wildman–Crippen MR) is 71.7 cm³/mol. The Morgan fingerprint density at radius 3 is 2.38 bits per heavy atom. The van der Waals surface area contributed by atoms with Crippen LogP contribution in [0.5, 0.6) is 0 Å². The van der Waals surface area contributed by atoms with Crippen molar-refractivity contribution in [1.82, 2.24) is 10.2 Å². The number of likely N-dealkylation sites (N-methyl/N-ethyl adjacent to an activating group) is 1. The van der Waals surface area contributed by atoms with Crippen LogP contribution in [0, 0.1) is 5.92 Å². The highest BCUT2D eigenvalue weighted by Gasteiger charge is 2.05. The topological polar surface area (TPSA) is 53.6 Å². The molecular weight excluding hydrogens is 200 g/mol. The van der Waals surface area contributed by atoms with Gasteiger partial charge in [-0.05, 0) is 26.3 Å². The van der Waals surface area contributed by atoms with Crippen LogP contribution in [0.2, 0.25) is 0 Å². The molecule has 0 aliphatic rings. The van der Waals surface area contributed by atoms with Crippen molar-refractivity contribution in [2.45, 2.75) is 40.7 Å². The van der Waals surface area contributed by atoms with Gasteiger partial charge in [0.05, 0.1) is 0 Å². The maximum Gasteiger partial charge on any atom is 0.188 e. The van der Waals surface area contributed by atoms with Crippen LogP contribution in [0.25, 0.3) is 0 Å². The molecule has 0 unspecified atom stereocenters. The first-order chi connectivity index (χ1) is 7.47. The zero-order chi connectivity index (χ0) is 12.6. The third-order valence-electron chi connectivity index (χ3n) is 2.47. The summed E-state index contributed by atoms with van der Waals surface area (Å²) in [7, 11) is 0. The van der Waals surface area contributed by atoms with E-state index >= 15 is 0 Å². The maximum absolute atomic E-state index is 5.75. The number of rotatable bonds is 7. The van der Waals surface area contributed by atoms with Crippen LogP contribution < -0.4 is 11.1 Å². The summed E-state index contributed by atoms with van der Waals surface area (Å²) < 4.78 is 0. The van der Waals surface area contributed by atoms with Gasteiger partial charge in [-0.3, -0.25) is 9.89 Å². The van der Waals surface area contributed by atoms with Crippen LogP contribution in [0.15, 0.2) is 4.99 Å². The van der Waals surface area contributed by atoms with Crippen LogP contribution in [0.3, 0.4) is 0 Å². The van der Waals surface area contributed by atoms with E-state index in [0.717, 1.165) is 26.2 Å². The average Bonchev–Trinajstić information content (AvgIpc) is 2.20. The fraction of sp³-hybridized carbons (Fsp3) is 0.917. The van der Waals surface area contributed by atoms with Gasteiger partial charge in [-0.2, -0.15) is 0 Å². The summed E-state index contributed by atoms with van der Waals surface area (Å²) in [6, 6.07) is 0.584. The first kappa shape index (κ1) is 15.2. The van der Waals surface area contributed by atoms with Gasteiger partial charge in [0.15, 0.2) is 5.96 Å². The molecule has 0 spiro atoms. The van der Waals surface area contributed by atoms with Gasteiger partial charge in [0.2, 0.25) is 0 Å². The molecule has 16 heavy (non-hydrogen) atoms. The predicted octanol–water partition coefficient (Wildman–Crippen LogP) is 1.28. The summed E-state index contributed by atoms with van der Waals surface area (Å²) >= 11 is 0. The van der Waals surface area contributed by atoms with Crippen molar-refractivity contribution in [3.8, 4) is 0 Å². The molecule has 0 aromatic rings. The van der Waals surface area contributed by atoms with Crippen molar-refractivity contribution in [3.63, 3.8) is 0 Å². The molecule has 4 heteroatoms. The van der Waals surface area contributed by atoms with Crippen molar-refractivity contribution in [3.05, 3.63) is 0 Å². The molecule has 0 aromatic heterocycles. The number of nitrogens with one attached hydrogen (secondary N) is 1. The Labute approximate surface area is 100 Å². The second-order valence-electron chi connectivity index (χ2n) is 4.77. The van der Waals surface area contributed by atoms with E-state index in [-0.39, 0.29) is 0 Å². The number of hydrogen-bond donors (Lipinski definition) is 2. The smallest absolute Gasteiger partial charge is 0.188 e. The summed E-state index contributed by atoms with van der Waals surface area (Å²) in [5.41, 5.74) is 5.75. The second-order valence-corrected chi connectivity index (χ2v) is 4.77. The fourth-order valence-electron chi connectivity index (χ4n) is 1.45. The SMILES string of the molecule is CCN(CCNC(N)=NCC(C)C)C(C)C. The number of hydrogen-bond acceptors (Lipinski definition) is 2. The van der Waals surface area contributed by atoms with Crippen LogP contribution in [0.4, 0.5) is 0 Å². The van der Waals surface area contributed by atoms with Gasteiger partial charge in [0, 0.05) is 25.7 Å². The van der Waals surface area contributed by atoms with Gasteiger partial charge in [0.25, 0.3) is 0 Å². The summed E-state index contributed by atoms with van der Waals surface area (Å²) in [5.74, 6) is 1.12. The van der Waals surface area contributed by atoms with Gasteiger partial charge < -0.3 is 11.1 Å². The monoisotopic (exact) mass is 228 g/mol. The van der Waals surface area contributed by atoms with E-state index < -0.39 is 0 Å². The number of nitrogens with zero attached hydrogens (tertiary/aromatic N) is 2. The van der Waals surface area contributed by atoms with Gasteiger partial charge in [-0.25, -0.2) is 0 Å². The molecule has 0 rings (SSSR count). The van der Waals surface area contributed by atoms with E-state index in [1.54, 1.807) is 0 Å². The molecule has 3 N–H and O–H groups in total. The van der Waals surface area contributed by atoms with E-state index in [4.69, 9.17) is 5.73 Å². The molecule has 0 heterocycles. The summed E-state index contributed by atoms with van der Waals surface area (Å²) in [6.07, 6.45) is 0. The lowest BCUT2D eigenvalue weighted by Gasteiger charge is -2.24. The molecule has 96 valence electrons. The lowest BCUT2D eigenvalue weighted by Crippen LogP contribution is -2.41. The number of nitrogens with two attached hydrogens (primary N) is 1. The van der Waals surface area contributed by atoms with Crippen LogP contribution in [-0.2, 0) is 0 Å². The van der Waals surface area contributed by atoms with Crippen molar-refractivity contribution in [2.75, 3.05) is 26.2 Å². The summed E-state index contributed by atoms with van der Waals surface area (Å²) in [5, 5.41) is 3.14. The minimum atomic E-state index is 0.558. The summed E-state index contributed by atoms with van der Waals surface area (Å²) in [6.45, 7) is 14.6. The third-order valence-corrected chi connectivity index (χ3v) is 2.47. The Balaban J connectivity index is 3.75. The molecule has 0 aliphatic carbocycles. The average molecular weight is 228 g/mol. The molecular formula is C12H28N4. The van der Waals surface area contributed by atoms with Crippen LogP contribution in [-0.4, -0.2) is 43.1 Å². The third kappa shape index (κ3) is 7.51. The molecule has 0 aromatic carbocycles. The van der Waals surface area contributed by atoms with Gasteiger partial charge in [0.1, 0.15) is 0 Å². The Kier molecular flexibility index (Phi) is 7.99. The first-order valence-corrected chi connectivity index (χ1v) is 6.25. The highest BCUT2D eigenvalue weighted by molar-refractivity contribution is 5.77. The Hall–Kier alpha value is -0.770. The quantitative estimate of drug-likeness (QED) is 0.510. The largest absolute Gasteiger partial charge is 0.370 e. The Bertz CT molecular complexity index is 199. The van der Waals surface area contributed by atoms with Crippen molar-refractivity contribution in [1.29, 1.82) is 0 Å². The second kappa shape index (κ2) is 8.39. The number of guanidine groups is 1.